The SMILES string of the molecule is CC(C)(CCN)CCC(=O)NCCc1ccc(O)cc1. The van der Waals surface area contributed by atoms with Gasteiger partial charge in [-0.3, -0.25) is 4.79 Å². The normalized spacial score (nSPS) is 11.3. The highest BCUT2D eigenvalue weighted by Gasteiger charge is 2.17. The zero-order valence-electron chi connectivity index (χ0n) is 12.5. The number of carbonyl (C=O) groups is 1. The van der Waals surface area contributed by atoms with E-state index < -0.39 is 0 Å². The Morgan fingerprint density at radius 2 is 1.90 bits per heavy atom. The molecule has 4 nitrogen and oxygen atoms in total. The standard InChI is InChI=1S/C16H26N2O2/c1-16(2,10-11-17)9-7-15(20)18-12-8-13-3-5-14(19)6-4-13/h3-6,19H,7-12,17H2,1-2H3,(H,18,20). The Morgan fingerprint density at radius 1 is 1.25 bits per heavy atom. The summed E-state index contributed by atoms with van der Waals surface area (Å²) in [4.78, 5) is 11.8. The smallest absolute Gasteiger partial charge is 0.220 e. The van der Waals surface area contributed by atoms with Gasteiger partial charge in [0.15, 0.2) is 0 Å². The van der Waals surface area contributed by atoms with Crippen molar-refractivity contribution in [3.63, 3.8) is 0 Å². The number of phenolic OH excluding ortho intramolecular Hbond substituents is 1. The van der Waals surface area contributed by atoms with E-state index in [1.807, 2.05) is 12.1 Å². The molecule has 0 spiro atoms. The maximum Gasteiger partial charge on any atom is 0.220 e. The van der Waals surface area contributed by atoms with E-state index in [2.05, 4.69) is 19.2 Å². The van der Waals surface area contributed by atoms with Crippen LogP contribution >= 0.6 is 0 Å². The molecule has 4 N–H and O–H groups in total. The molecular weight excluding hydrogens is 252 g/mol. The highest BCUT2D eigenvalue weighted by atomic mass is 16.3. The van der Waals surface area contributed by atoms with Gasteiger partial charge in [-0.15, -0.1) is 0 Å². The molecule has 0 unspecified atom stereocenters. The number of hydrogen-bond acceptors (Lipinski definition) is 3. The van der Waals surface area contributed by atoms with E-state index >= 15 is 0 Å². The monoisotopic (exact) mass is 278 g/mol. The zero-order chi connectivity index (χ0) is 15.0. The minimum absolute atomic E-state index is 0.0916. The Kier molecular flexibility index (Phi) is 6.52. The maximum absolute atomic E-state index is 11.8. The van der Waals surface area contributed by atoms with Crippen molar-refractivity contribution < 1.29 is 9.90 Å². The molecule has 0 aromatic heterocycles. The van der Waals surface area contributed by atoms with E-state index in [9.17, 15) is 9.90 Å². The van der Waals surface area contributed by atoms with Crippen LogP contribution < -0.4 is 11.1 Å². The fraction of sp³-hybridized carbons (Fsp3) is 0.562. The van der Waals surface area contributed by atoms with E-state index in [0.717, 1.165) is 24.8 Å². The summed E-state index contributed by atoms with van der Waals surface area (Å²) in [5.74, 6) is 0.355. The number of hydrogen-bond donors (Lipinski definition) is 3. The van der Waals surface area contributed by atoms with Gasteiger partial charge in [0.25, 0.3) is 0 Å². The van der Waals surface area contributed by atoms with Gasteiger partial charge in [-0.05, 0) is 48.9 Å². The van der Waals surface area contributed by atoms with E-state index in [4.69, 9.17) is 5.73 Å². The average molecular weight is 278 g/mol. The molecule has 1 aromatic carbocycles. The van der Waals surface area contributed by atoms with Crippen LogP contribution in [0.1, 0.15) is 38.7 Å². The molecule has 0 aliphatic rings. The largest absolute Gasteiger partial charge is 0.508 e. The van der Waals surface area contributed by atoms with Crippen molar-refractivity contribution in [2.24, 2.45) is 11.1 Å². The average Bonchev–Trinajstić information content (AvgIpc) is 2.39. The number of amides is 1. The van der Waals surface area contributed by atoms with Crippen LogP contribution in [0.15, 0.2) is 24.3 Å². The van der Waals surface area contributed by atoms with E-state index in [1.165, 1.54) is 0 Å². The lowest BCUT2D eigenvalue weighted by Crippen LogP contribution is -2.27. The molecule has 20 heavy (non-hydrogen) atoms. The summed E-state index contributed by atoms with van der Waals surface area (Å²) >= 11 is 0. The summed E-state index contributed by atoms with van der Waals surface area (Å²) in [6, 6.07) is 7.05. The van der Waals surface area contributed by atoms with Gasteiger partial charge in [0.2, 0.25) is 5.91 Å². The lowest BCUT2D eigenvalue weighted by Gasteiger charge is -2.23. The van der Waals surface area contributed by atoms with Gasteiger partial charge in [0, 0.05) is 13.0 Å². The van der Waals surface area contributed by atoms with Crippen LogP contribution in [0.5, 0.6) is 5.75 Å². The van der Waals surface area contributed by atoms with Crippen molar-refractivity contribution in [2.75, 3.05) is 13.1 Å². The Hall–Kier alpha value is -1.55. The lowest BCUT2D eigenvalue weighted by atomic mass is 9.84. The topological polar surface area (TPSA) is 75.4 Å². The second-order valence-electron chi connectivity index (χ2n) is 5.97. The molecule has 0 fully saturated rings. The van der Waals surface area contributed by atoms with Crippen LogP contribution in [-0.2, 0) is 11.2 Å². The summed E-state index contributed by atoms with van der Waals surface area (Å²) in [5, 5.41) is 12.1. The molecular formula is C16H26N2O2. The summed E-state index contributed by atoms with van der Waals surface area (Å²) in [7, 11) is 0. The predicted octanol–water partition coefficient (Wildman–Crippen LogP) is 2.21. The quantitative estimate of drug-likeness (QED) is 0.682. The molecule has 0 aliphatic heterocycles. The van der Waals surface area contributed by atoms with E-state index in [1.54, 1.807) is 12.1 Å². The maximum atomic E-state index is 11.8. The van der Waals surface area contributed by atoms with Crippen LogP contribution in [0.2, 0.25) is 0 Å². The molecule has 0 aliphatic carbocycles. The number of aromatic hydroxyl groups is 1. The van der Waals surface area contributed by atoms with Crippen LogP contribution in [0, 0.1) is 5.41 Å². The summed E-state index contributed by atoms with van der Waals surface area (Å²) in [5.41, 5.74) is 6.79. The molecule has 0 heterocycles. The van der Waals surface area contributed by atoms with Crippen LogP contribution in [-0.4, -0.2) is 24.1 Å². The number of benzene rings is 1. The van der Waals surface area contributed by atoms with Crippen molar-refractivity contribution in [2.45, 2.75) is 39.5 Å². The Bertz CT molecular complexity index is 413. The number of nitrogens with one attached hydrogen (secondary N) is 1. The van der Waals surface area contributed by atoms with Crippen LogP contribution in [0.4, 0.5) is 0 Å². The lowest BCUT2D eigenvalue weighted by molar-refractivity contribution is -0.121. The molecule has 0 saturated carbocycles. The third kappa shape index (κ3) is 6.57. The first-order chi connectivity index (χ1) is 9.43. The first kappa shape index (κ1) is 16.5. The fourth-order valence-corrected chi connectivity index (χ4v) is 2.06. The second-order valence-corrected chi connectivity index (χ2v) is 5.97. The summed E-state index contributed by atoms with van der Waals surface area (Å²) < 4.78 is 0. The van der Waals surface area contributed by atoms with Gasteiger partial charge >= 0.3 is 0 Å². The highest BCUT2D eigenvalue weighted by molar-refractivity contribution is 5.75. The van der Waals surface area contributed by atoms with E-state index in [-0.39, 0.29) is 17.1 Å². The van der Waals surface area contributed by atoms with Crippen molar-refractivity contribution in [1.82, 2.24) is 5.32 Å². The van der Waals surface area contributed by atoms with Crippen LogP contribution in [0.25, 0.3) is 0 Å². The third-order valence-corrected chi connectivity index (χ3v) is 3.52. The molecule has 4 heteroatoms. The minimum atomic E-state index is 0.0916. The third-order valence-electron chi connectivity index (χ3n) is 3.52. The Labute approximate surface area is 121 Å². The molecule has 0 radical (unpaired) electrons. The number of phenols is 1. The Balaban J connectivity index is 2.22. The highest BCUT2D eigenvalue weighted by Crippen LogP contribution is 2.25. The van der Waals surface area contributed by atoms with Crippen LogP contribution in [0.3, 0.4) is 0 Å². The van der Waals surface area contributed by atoms with Gasteiger partial charge < -0.3 is 16.2 Å². The number of nitrogens with two attached hydrogens (primary N) is 1. The van der Waals surface area contributed by atoms with Crippen molar-refractivity contribution >= 4 is 5.91 Å². The molecule has 1 amide bonds. The van der Waals surface area contributed by atoms with Gasteiger partial charge in [0.1, 0.15) is 5.75 Å². The first-order valence-electron chi connectivity index (χ1n) is 7.18. The fourth-order valence-electron chi connectivity index (χ4n) is 2.06. The Morgan fingerprint density at radius 3 is 2.50 bits per heavy atom. The van der Waals surface area contributed by atoms with Gasteiger partial charge in [-0.25, -0.2) is 0 Å². The van der Waals surface area contributed by atoms with Gasteiger partial charge in [0.05, 0.1) is 0 Å². The molecule has 0 atom stereocenters. The van der Waals surface area contributed by atoms with Gasteiger partial charge in [-0.2, -0.15) is 0 Å². The zero-order valence-corrected chi connectivity index (χ0v) is 12.5. The van der Waals surface area contributed by atoms with E-state index in [0.29, 0.717) is 19.5 Å². The van der Waals surface area contributed by atoms with Crippen molar-refractivity contribution in [3.8, 4) is 5.75 Å². The summed E-state index contributed by atoms with van der Waals surface area (Å²) in [6.07, 6.45) is 3.11. The molecule has 1 rings (SSSR count). The molecule has 0 bridgehead atoms. The minimum Gasteiger partial charge on any atom is -0.508 e. The number of rotatable bonds is 8. The summed E-state index contributed by atoms with van der Waals surface area (Å²) in [6.45, 7) is 5.57. The van der Waals surface area contributed by atoms with Gasteiger partial charge in [-0.1, -0.05) is 26.0 Å². The predicted molar refractivity (Wildman–Crippen MR) is 81.5 cm³/mol. The van der Waals surface area contributed by atoms with Crippen molar-refractivity contribution in [1.29, 1.82) is 0 Å². The first-order valence-corrected chi connectivity index (χ1v) is 7.18. The second kappa shape index (κ2) is 7.90. The molecule has 0 saturated heterocycles. The molecule has 1 aromatic rings. The number of carbonyl (C=O) groups excluding carboxylic acids is 1. The molecule has 112 valence electrons. The van der Waals surface area contributed by atoms with Crippen molar-refractivity contribution in [3.05, 3.63) is 29.8 Å².